The van der Waals surface area contributed by atoms with E-state index in [1.54, 1.807) is 11.0 Å². The zero-order valence-electron chi connectivity index (χ0n) is 13.1. The van der Waals surface area contributed by atoms with Crippen LogP contribution in [0.25, 0.3) is 0 Å². The molecule has 0 aromatic heterocycles. The largest absolute Gasteiger partial charge is 0.322 e. The number of rotatable bonds is 3. The van der Waals surface area contributed by atoms with Gasteiger partial charge in [-0.2, -0.15) is 0 Å². The Balaban J connectivity index is 1.79. The molecule has 0 aliphatic carbocycles. The van der Waals surface area contributed by atoms with Crippen molar-refractivity contribution >= 4 is 45.8 Å². The zero-order valence-corrected chi connectivity index (χ0v) is 15.3. The standard InChI is InChI=1S/C18H16FIN2O2/c1-11-9-13(5-7-16(11)22-8-2-3-17(22)23)21-18(24)14-6-4-12(19)10-15(14)20/h4-7,9-10H,2-3,8H2,1H3,(H,21,24). The normalized spacial score (nSPS) is 14.1. The van der Waals surface area contributed by atoms with Gasteiger partial charge in [0.25, 0.3) is 5.91 Å². The molecular weight excluding hydrogens is 422 g/mol. The second-order valence-electron chi connectivity index (χ2n) is 5.73. The fourth-order valence-electron chi connectivity index (χ4n) is 2.81. The number of carbonyl (C=O) groups excluding carboxylic acids is 2. The summed E-state index contributed by atoms with van der Waals surface area (Å²) in [5.41, 5.74) is 2.88. The Kier molecular flexibility index (Phi) is 4.84. The minimum Gasteiger partial charge on any atom is -0.322 e. The number of hydrogen-bond donors (Lipinski definition) is 1. The Morgan fingerprint density at radius 2 is 2.04 bits per heavy atom. The summed E-state index contributed by atoms with van der Waals surface area (Å²) < 4.78 is 13.7. The molecule has 1 heterocycles. The highest BCUT2D eigenvalue weighted by atomic mass is 127. The number of carbonyl (C=O) groups is 2. The summed E-state index contributed by atoms with van der Waals surface area (Å²) in [6, 6.07) is 9.53. The molecule has 1 aliphatic heterocycles. The number of benzene rings is 2. The molecule has 124 valence electrons. The van der Waals surface area contributed by atoms with Gasteiger partial charge in [-0.3, -0.25) is 9.59 Å². The molecule has 4 nitrogen and oxygen atoms in total. The molecule has 2 aromatic rings. The van der Waals surface area contributed by atoms with E-state index < -0.39 is 0 Å². The Morgan fingerprint density at radius 1 is 1.25 bits per heavy atom. The quantitative estimate of drug-likeness (QED) is 0.734. The first-order valence-corrected chi connectivity index (χ1v) is 8.71. The molecule has 0 atom stereocenters. The summed E-state index contributed by atoms with van der Waals surface area (Å²) in [5.74, 6) is -0.522. The van der Waals surface area contributed by atoms with Gasteiger partial charge in [0, 0.05) is 27.9 Å². The van der Waals surface area contributed by atoms with Crippen LogP contribution in [0.5, 0.6) is 0 Å². The molecule has 1 saturated heterocycles. The first-order valence-electron chi connectivity index (χ1n) is 7.63. The summed E-state index contributed by atoms with van der Waals surface area (Å²) in [7, 11) is 0. The number of aryl methyl sites for hydroxylation is 1. The maximum atomic E-state index is 13.1. The average molecular weight is 438 g/mol. The topological polar surface area (TPSA) is 49.4 Å². The lowest BCUT2D eigenvalue weighted by Gasteiger charge is -2.19. The summed E-state index contributed by atoms with van der Waals surface area (Å²) in [6.07, 6.45) is 1.46. The van der Waals surface area contributed by atoms with Crippen LogP contribution < -0.4 is 10.2 Å². The van der Waals surface area contributed by atoms with Crippen molar-refractivity contribution in [3.63, 3.8) is 0 Å². The van der Waals surface area contributed by atoms with Gasteiger partial charge in [-0.25, -0.2) is 4.39 Å². The van der Waals surface area contributed by atoms with Gasteiger partial charge >= 0.3 is 0 Å². The molecule has 24 heavy (non-hydrogen) atoms. The van der Waals surface area contributed by atoms with E-state index in [1.165, 1.54) is 18.2 Å². The van der Waals surface area contributed by atoms with Crippen molar-refractivity contribution in [1.29, 1.82) is 0 Å². The van der Waals surface area contributed by atoms with Crippen molar-refractivity contribution in [3.05, 3.63) is 56.9 Å². The van der Waals surface area contributed by atoms with Crippen LogP contribution in [0.1, 0.15) is 28.8 Å². The number of nitrogens with one attached hydrogen (secondary N) is 1. The minimum absolute atomic E-state index is 0.135. The van der Waals surface area contributed by atoms with Gasteiger partial charge in [-0.05, 0) is 77.9 Å². The smallest absolute Gasteiger partial charge is 0.256 e. The molecule has 0 radical (unpaired) electrons. The molecule has 0 saturated carbocycles. The first-order chi connectivity index (χ1) is 11.5. The van der Waals surface area contributed by atoms with Crippen molar-refractivity contribution < 1.29 is 14.0 Å². The monoisotopic (exact) mass is 438 g/mol. The van der Waals surface area contributed by atoms with Crippen LogP contribution in [0.15, 0.2) is 36.4 Å². The lowest BCUT2D eigenvalue weighted by molar-refractivity contribution is -0.117. The molecule has 1 fully saturated rings. The van der Waals surface area contributed by atoms with E-state index in [9.17, 15) is 14.0 Å². The van der Waals surface area contributed by atoms with E-state index in [-0.39, 0.29) is 17.6 Å². The fourth-order valence-corrected chi connectivity index (χ4v) is 3.53. The Bertz CT molecular complexity index is 823. The van der Waals surface area contributed by atoms with Crippen LogP contribution in [0.2, 0.25) is 0 Å². The van der Waals surface area contributed by atoms with Gasteiger partial charge in [-0.15, -0.1) is 0 Å². The van der Waals surface area contributed by atoms with Gasteiger partial charge in [0.2, 0.25) is 5.91 Å². The Morgan fingerprint density at radius 3 is 2.67 bits per heavy atom. The second kappa shape index (κ2) is 6.88. The van der Waals surface area contributed by atoms with Gasteiger partial charge in [0.15, 0.2) is 0 Å². The van der Waals surface area contributed by atoms with E-state index in [4.69, 9.17) is 0 Å². The lowest BCUT2D eigenvalue weighted by Crippen LogP contribution is -2.24. The summed E-state index contributed by atoms with van der Waals surface area (Å²) in [5, 5.41) is 2.82. The third-order valence-electron chi connectivity index (χ3n) is 3.99. The van der Waals surface area contributed by atoms with Crippen molar-refractivity contribution in [1.82, 2.24) is 0 Å². The maximum absolute atomic E-state index is 13.1. The average Bonchev–Trinajstić information content (AvgIpc) is 2.93. The molecule has 0 spiro atoms. The van der Waals surface area contributed by atoms with Gasteiger partial charge in [0.05, 0.1) is 5.56 Å². The van der Waals surface area contributed by atoms with Crippen LogP contribution >= 0.6 is 22.6 Å². The van der Waals surface area contributed by atoms with Gasteiger partial charge in [0.1, 0.15) is 5.82 Å². The lowest BCUT2D eigenvalue weighted by atomic mass is 10.1. The highest BCUT2D eigenvalue weighted by Crippen LogP contribution is 2.27. The predicted octanol–water partition coefficient (Wildman–Crippen LogP) is 4.12. The van der Waals surface area contributed by atoms with Crippen LogP contribution in [0.4, 0.5) is 15.8 Å². The first kappa shape index (κ1) is 16.9. The number of anilines is 2. The highest BCUT2D eigenvalue weighted by molar-refractivity contribution is 14.1. The van der Waals surface area contributed by atoms with E-state index in [0.29, 0.717) is 21.2 Å². The third kappa shape index (κ3) is 3.43. The maximum Gasteiger partial charge on any atom is 0.256 e. The molecule has 0 unspecified atom stereocenters. The van der Waals surface area contributed by atoms with Crippen LogP contribution in [-0.2, 0) is 4.79 Å². The van der Waals surface area contributed by atoms with Crippen molar-refractivity contribution in [2.24, 2.45) is 0 Å². The predicted molar refractivity (Wildman–Crippen MR) is 99.8 cm³/mol. The summed E-state index contributed by atoms with van der Waals surface area (Å²) >= 11 is 1.94. The van der Waals surface area contributed by atoms with Crippen LogP contribution in [0, 0.1) is 16.3 Å². The van der Waals surface area contributed by atoms with Crippen molar-refractivity contribution in [2.45, 2.75) is 19.8 Å². The van der Waals surface area contributed by atoms with Gasteiger partial charge < -0.3 is 10.2 Å². The van der Waals surface area contributed by atoms with E-state index in [0.717, 1.165) is 24.2 Å². The molecule has 0 bridgehead atoms. The molecule has 1 aliphatic rings. The molecule has 1 N–H and O–H groups in total. The van der Waals surface area contributed by atoms with E-state index >= 15 is 0 Å². The van der Waals surface area contributed by atoms with Crippen molar-refractivity contribution in [3.8, 4) is 0 Å². The molecular formula is C18H16FIN2O2. The number of amides is 2. The van der Waals surface area contributed by atoms with Gasteiger partial charge in [-0.1, -0.05) is 0 Å². The zero-order chi connectivity index (χ0) is 17.3. The molecule has 6 heteroatoms. The molecule has 2 aromatic carbocycles. The number of hydrogen-bond acceptors (Lipinski definition) is 2. The third-order valence-corrected chi connectivity index (χ3v) is 4.89. The Hall–Kier alpha value is -1.96. The SMILES string of the molecule is Cc1cc(NC(=O)c2ccc(F)cc2I)ccc1N1CCCC1=O. The highest BCUT2D eigenvalue weighted by Gasteiger charge is 2.23. The van der Waals surface area contributed by atoms with Crippen molar-refractivity contribution in [2.75, 3.05) is 16.8 Å². The summed E-state index contributed by atoms with van der Waals surface area (Å²) in [4.78, 5) is 26.0. The summed E-state index contributed by atoms with van der Waals surface area (Å²) in [6.45, 7) is 2.65. The minimum atomic E-state index is -0.369. The number of halogens is 2. The second-order valence-corrected chi connectivity index (χ2v) is 6.89. The Labute approximate surface area is 153 Å². The number of nitrogens with zero attached hydrogens (tertiary/aromatic N) is 1. The molecule has 2 amide bonds. The van der Waals surface area contributed by atoms with Crippen LogP contribution in [0.3, 0.4) is 0 Å². The molecule has 3 rings (SSSR count). The fraction of sp³-hybridized carbons (Fsp3) is 0.222. The van der Waals surface area contributed by atoms with E-state index in [2.05, 4.69) is 5.32 Å². The van der Waals surface area contributed by atoms with E-state index in [1.807, 2.05) is 41.6 Å². The van der Waals surface area contributed by atoms with Crippen LogP contribution in [-0.4, -0.2) is 18.4 Å².